The molecule has 2 atom stereocenters. The maximum Gasteiger partial charge on any atom is 0.332 e. The average Bonchev–Trinajstić information content (AvgIpc) is 3.27. The Morgan fingerprint density at radius 1 is 1.00 bits per heavy atom. The third-order valence-electron chi connectivity index (χ3n) is 7.22. The monoisotopic (exact) mass is 547 g/mol. The van der Waals surface area contributed by atoms with E-state index in [-0.39, 0.29) is 49.7 Å². The first kappa shape index (κ1) is 26.5. The molecule has 2 aliphatic rings. The summed E-state index contributed by atoms with van der Waals surface area (Å²) in [7, 11) is 1.63. The average molecular weight is 548 g/mol. The number of urea groups is 1. The second kappa shape index (κ2) is 11.3. The Balaban J connectivity index is 1.40. The van der Waals surface area contributed by atoms with Crippen molar-refractivity contribution in [3.05, 3.63) is 101 Å². The molecule has 2 fully saturated rings. The topological polar surface area (TPSA) is 96.4 Å². The van der Waals surface area contributed by atoms with E-state index >= 15 is 0 Å². The Bertz CT molecular complexity index is 1350. The first-order valence-electron chi connectivity index (χ1n) is 12.7. The standard InChI is InChI=1S/C29H30ClN5O4/c1-32(29(39)31-16-21-7-3-2-4-8-21)34-19-27(37)35-25(15-20-11-13-23(36)14-12-20)28(38)33(18-26(34)35)17-22-9-5-6-10-24(22)30/h2-14,25-26,36H,15-19H2,1H3,(H,31,39)/t25-,26+/m0/s1. The van der Waals surface area contributed by atoms with Gasteiger partial charge in [-0.05, 0) is 34.9 Å². The molecule has 0 spiro atoms. The molecule has 0 unspecified atom stereocenters. The molecular formula is C29H30ClN5O4. The van der Waals surface area contributed by atoms with Gasteiger partial charge in [0.05, 0.1) is 13.1 Å². The highest BCUT2D eigenvalue weighted by Gasteiger charge is 2.51. The molecule has 0 bridgehead atoms. The highest BCUT2D eigenvalue weighted by molar-refractivity contribution is 6.31. The van der Waals surface area contributed by atoms with E-state index in [2.05, 4.69) is 5.32 Å². The quantitative estimate of drug-likeness (QED) is 0.473. The number of fused-ring (bicyclic) bond motifs is 1. The summed E-state index contributed by atoms with van der Waals surface area (Å²) < 4.78 is 0. The van der Waals surface area contributed by atoms with Gasteiger partial charge in [-0.15, -0.1) is 0 Å². The number of halogens is 1. The van der Waals surface area contributed by atoms with Crippen molar-refractivity contribution < 1.29 is 19.5 Å². The van der Waals surface area contributed by atoms with Crippen LogP contribution >= 0.6 is 11.6 Å². The molecule has 9 nitrogen and oxygen atoms in total. The Kier molecular flexibility index (Phi) is 7.72. The second-order valence-corrected chi connectivity index (χ2v) is 10.2. The molecular weight excluding hydrogens is 518 g/mol. The van der Waals surface area contributed by atoms with E-state index in [9.17, 15) is 19.5 Å². The third-order valence-corrected chi connectivity index (χ3v) is 7.59. The van der Waals surface area contributed by atoms with Crippen LogP contribution in [0.15, 0.2) is 78.9 Å². The van der Waals surface area contributed by atoms with Crippen molar-refractivity contribution in [2.24, 2.45) is 0 Å². The number of phenols is 1. The van der Waals surface area contributed by atoms with Gasteiger partial charge in [-0.1, -0.05) is 72.3 Å². The van der Waals surface area contributed by atoms with E-state index < -0.39 is 12.2 Å². The largest absolute Gasteiger partial charge is 0.508 e. The molecule has 2 heterocycles. The van der Waals surface area contributed by atoms with Crippen LogP contribution in [0.5, 0.6) is 5.75 Å². The number of nitrogens with zero attached hydrogens (tertiary/aromatic N) is 4. The maximum absolute atomic E-state index is 13.8. The van der Waals surface area contributed by atoms with Crippen LogP contribution in [0.1, 0.15) is 16.7 Å². The lowest BCUT2D eigenvalue weighted by Gasteiger charge is -2.45. The fourth-order valence-electron chi connectivity index (χ4n) is 5.14. The SMILES string of the molecule is CN(C(=O)NCc1ccccc1)N1CC(=O)N2[C@@H](Cc3ccc(O)cc3)C(=O)N(Cc3ccccc3Cl)C[C@@H]21. The van der Waals surface area contributed by atoms with E-state index in [1.165, 1.54) is 5.01 Å². The number of nitrogens with one attached hydrogen (secondary N) is 1. The van der Waals surface area contributed by atoms with E-state index in [0.29, 0.717) is 11.6 Å². The van der Waals surface area contributed by atoms with Gasteiger partial charge in [0.1, 0.15) is 18.0 Å². The molecule has 0 saturated carbocycles. The first-order chi connectivity index (χ1) is 18.8. The fourth-order valence-corrected chi connectivity index (χ4v) is 5.34. The zero-order valence-corrected chi connectivity index (χ0v) is 22.3. The normalized spacial score (nSPS) is 19.2. The first-order valence-corrected chi connectivity index (χ1v) is 13.1. The van der Waals surface area contributed by atoms with Gasteiger partial charge in [0.25, 0.3) is 0 Å². The van der Waals surface area contributed by atoms with Crippen LogP contribution in [0.4, 0.5) is 4.79 Å². The summed E-state index contributed by atoms with van der Waals surface area (Å²) in [5.41, 5.74) is 2.57. The molecule has 3 aromatic rings. The highest BCUT2D eigenvalue weighted by Crippen LogP contribution is 2.31. The molecule has 5 rings (SSSR count). The Morgan fingerprint density at radius 3 is 2.41 bits per heavy atom. The molecule has 0 radical (unpaired) electrons. The lowest BCUT2D eigenvalue weighted by atomic mass is 10.00. The zero-order valence-electron chi connectivity index (χ0n) is 21.5. The number of carbonyl (C=O) groups is 3. The Hall–Kier alpha value is -4.08. The van der Waals surface area contributed by atoms with Gasteiger partial charge in [0.15, 0.2) is 0 Å². The minimum atomic E-state index is -0.769. The van der Waals surface area contributed by atoms with Gasteiger partial charge >= 0.3 is 6.03 Å². The van der Waals surface area contributed by atoms with Gasteiger partial charge in [0, 0.05) is 31.6 Å². The van der Waals surface area contributed by atoms with E-state index in [0.717, 1.165) is 16.7 Å². The number of hydrazine groups is 1. The van der Waals surface area contributed by atoms with Crippen LogP contribution in [-0.4, -0.2) is 75.1 Å². The summed E-state index contributed by atoms with van der Waals surface area (Å²) in [6.07, 6.45) is -0.259. The fraction of sp³-hybridized carbons (Fsp3) is 0.276. The number of rotatable bonds is 7. The van der Waals surface area contributed by atoms with Crippen LogP contribution in [0, 0.1) is 0 Å². The smallest absolute Gasteiger partial charge is 0.332 e. The third kappa shape index (κ3) is 5.69. The lowest BCUT2D eigenvalue weighted by molar-refractivity contribution is -0.157. The van der Waals surface area contributed by atoms with Gasteiger partial charge < -0.3 is 20.2 Å². The summed E-state index contributed by atoms with van der Waals surface area (Å²) in [6, 6.07) is 22.4. The number of hydrogen-bond acceptors (Lipinski definition) is 5. The predicted octanol–water partition coefficient (Wildman–Crippen LogP) is 3.23. The van der Waals surface area contributed by atoms with Crippen molar-refractivity contribution in [3.8, 4) is 5.75 Å². The molecule has 0 aromatic heterocycles. The molecule has 39 heavy (non-hydrogen) atoms. The van der Waals surface area contributed by atoms with Crippen molar-refractivity contribution in [1.82, 2.24) is 25.1 Å². The van der Waals surface area contributed by atoms with E-state index in [1.807, 2.05) is 48.5 Å². The number of hydrogen-bond donors (Lipinski definition) is 2. The molecule has 2 saturated heterocycles. The van der Waals surface area contributed by atoms with Crippen LogP contribution in [-0.2, 0) is 29.1 Å². The van der Waals surface area contributed by atoms with Gasteiger partial charge in [-0.25, -0.2) is 4.79 Å². The van der Waals surface area contributed by atoms with Crippen molar-refractivity contribution in [2.45, 2.75) is 31.7 Å². The minimum Gasteiger partial charge on any atom is -0.508 e. The summed E-state index contributed by atoms with van der Waals surface area (Å²) >= 11 is 6.41. The number of piperazine rings is 1. The number of aromatic hydroxyl groups is 1. The summed E-state index contributed by atoms with van der Waals surface area (Å²) in [5.74, 6) is -0.290. The van der Waals surface area contributed by atoms with Crippen LogP contribution < -0.4 is 5.32 Å². The van der Waals surface area contributed by atoms with Crippen molar-refractivity contribution in [2.75, 3.05) is 20.1 Å². The van der Waals surface area contributed by atoms with Gasteiger partial charge in [0.2, 0.25) is 11.8 Å². The Labute approximate surface area is 232 Å². The van der Waals surface area contributed by atoms with Gasteiger partial charge in [-0.2, -0.15) is 5.01 Å². The summed E-state index contributed by atoms with van der Waals surface area (Å²) in [4.78, 5) is 43.5. The molecule has 3 aromatic carbocycles. The molecule has 2 aliphatic heterocycles. The van der Waals surface area contributed by atoms with Crippen LogP contribution in [0.2, 0.25) is 5.02 Å². The Morgan fingerprint density at radius 2 is 1.69 bits per heavy atom. The van der Waals surface area contributed by atoms with Gasteiger partial charge in [-0.3, -0.25) is 14.6 Å². The maximum atomic E-state index is 13.8. The van der Waals surface area contributed by atoms with E-state index in [4.69, 9.17) is 11.6 Å². The molecule has 4 amide bonds. The molecule has 2 N–H and O–H groups in total. The minimum absolute atomic E-state index is 0.0286. The number of amides is 4. The highest BCUT2D eigenvalue weighted by atomic mass is 35.5. The van der Waals surface area contributed by atoms with E-state index in [1.54, 1.807) is 52.2 Å². The number of benzene rings is 3. The molecule has 0 aliphatic carbocycles. The number of carbonyl (C=O) groups excluding carboxylic acids is 3. The summed E-state index contributed by atoms with van der Waals surface area (Å²) in [6.45, 7) is 0.818. The second-order valence-electron chi connectivity index (χ2n) is 9.74. The van der Waals surface area contributed by atoms with Crippen molar-refractivity contribution in [1.29, 1.82) is 0 Å². The van der Waals surface area contributed by atoms with Crippen molar-refractivity contribution >= 4 is 29.4 Å². The summed E-state index contributed by atoms with van der Waals surface area (Å²) in [5, 5.41) is 16.3. The predicted molar refractivity (Wildman–Crippen MR) is 146 cm³/mol. The lowest BCUT2D eigenvalue weighted by Crippen LogP contribution is -2.65. The molecule has 10 heteroatoms. The van der Waals surface area contributed by atoms with Crippen LogP contribution in [0.25, 0.3) is 0 Å². The van der Waals surface area contributed by atoms with Crippen LogP contribution in [0.3, 0.4) is 0 Å². The number of phenolic OH excluding ortho intramolecular Hbond substituents is 1. The zero-order chi connectivity index (χ0) is 27.5. The van der Waals surface area contributed by atoms with Crippen molar-refractivity contribution in [3.63, 3.8) is 0 Å². The molecule has 202 valence electrons.